The SMILES string of the molecule is COc1ccc(N2CC(CCN)N(C)CC2C)cc1. The molecule has 4 heteroatoms. The third-order valence-electron chi connectivity index (χ3n) is 4.02. The Morgan fingerprint density at radius 3 is 2.53 bits per heavy atom. The number of anilines is 1. The number of piperazine rings is 1. The summed E-state index contributed by atoms with van der Waals surface area (Å²) in [6.07, 6.45) is 1.05. The van der Waals surface area contributed by atoms with Gasteiger partial charge in [-0.2, -0.15) is 0 Å². The van der Waals surface area contributed by atoms with E-state index >= 15 is 0 Å². The number of nitrogens with two attached hydrogens (primary N) is 1. The Balaban J connectivity index is 2.12. The largest absolute Gasteiger partial charge is 0.497 e. The van der Waals surface area contributed by atoms with E-state index in [0.717, 1.165) is 31.8 Å². The Morgan fingerprint density at radius 2 is 1.95 bits per heavy atom. The predicted octanol–water partition coefficient (Wildman–Crippen LogP) is 1.55. The molecule has 2 unspecified atom stereocenters. The minimum Gasteiger partial charge on any atom is -0.497 e. The summed E-state index contributed by atoms with van der Waals surface area (Å²) >= 11 is 0. The first-order valence-corrected chi connectivity index (χ1v) is 6.96. The van der Waals surface area contributed by atoms with Gasteiger partial charge in [0, 0.05) is 30.9 Å². The topological polar surface area (TPSA) is 41.7 Å². The van der Waals surface area contributed by atoms with Gasteiger partial charge in [0.1, 0.15) is 5.75 Å². The van der Waals surface area contributed by atoms with Crippen molar-refractivity contribution in [3.63, 3.8) is 0 Å². The highest BCUT2D eigenvalue weighted by molar-refractivity contribution is 5.50. The number of rotatable bonds is 4. The van der Waals surface area contributed by atoms with Gasteiger partial charge < -0.3 is 15.4 Å². The zero-order valence-corrected chi connectivity index (χ0v) is 12.2. The zero-order valence-electron chi connectivity index (χ0n) is 12.2. The first-order chi connectivity index (χ1) is 9.15. The molecule has 4 nitrogen and oxygen atoms in total. The standard InChI is InChI=1S/C15H25N3O/c1-12-10-17(2)14(8-9-16)11-18(12)13-4-6-15(19-3)7-5-13/h4-7,12,14H,8-11,16H2,1-3H3. The molecule has 1 aromatic carbocycles. The van der Waals surface area contributed by atoms with Crippen LogP contribution in [0.4, 0.5) is 5.69 Å². The van der Waals surface area contributed by atoms with Gasteiger partial charge in [0.25, 0.3) is 0 Å². The van der Waals surface area contributed by atoms with Crippen LogP contribution in [0, 0.1) is 0 Å². The molecule has 0 spiro atoms. The fraction of sp³-hybridized carbons (Fsp3) is 0.600. The van der Waals surface area contributed by atoms with Gasteiger partial charge in [-0.05, 0) is 51.2 Å². The van der Waals surface area contributed by atoms with Crippen molar-refractivity contribution in [2.75, 3.05) is 38.7 Å². The molecule has 0 aliphatic carbocycles. The monoisotopic (exact) mass is 263 g/mol. The second kappa shape index (κ2) is 6.26. The first-order valence-electron chi connectivity index (χ1n) is 6.96. The number of nitrogens with zero attached hydrogens (tertiary/aromatic N) is 2. The minimum atomic E-state index is 0.521. The maximum atomic E-state index is 5.72. The van der Waals surface area contributed by atoms with Crippen molar-refractivity contribution in [1.82, 2.24) is 4.90 Å². The number of benzene rings is 1. The average molecular weight is 263 g/mol. The van der Waals surface area contributed by atoms with Gasteiger partial charge in [0.15, 0.2) is 0 Å². The van der Waals surface area contributed by atoms with Crippen molar-refractivity contribution in [1.29, 1.82) is 0 Å². The van der Waals surface area contributed by atoms with E-state index in [2.05, 4.69) is 35.9 Å². The minimum absolute atomic E-state index is 0.521. The molecule has 0 bridgehead atoms. The van der Waals surface area contributed by atoms with Gasteiger partial charge in [-0.1, -0.05) is 0 Å². The van der Waals surface area contributed by atoms with E-state index in [1.807, 2.05) is 12.1 Å². The lowest BCUT2D eigenvalue weighted by Gasteiger charge is -2.45. The van der Waals surface area contributed by atoms with Crippen molar-refractivity contribution < 1.29 is 4.74 Å². The van der Waals surface area contributed by atoms with Gasteiger partial charge in [0.05, 0.1) is 7.11 Å². The summed E-state index contributed by atoms with van der Waals surface area (Å²) in [4.78, 5) is 4.90. The molecule has 1 aliphatic heterocycles. The van der Waals surface area contributed by atoms with Crippen molar-refractivity contribution >= 4 is 5.69 Å². The van der Waals surface area contributed by atoms with Crippen LogP contribution in [0.2, 0.25) is 0 Å². The fourth-order valence-electron chi connectivity index (χ4n) is 2.85. The highest BCUT2D eigenvalue weighted by atomic mass is 16.5. The van der Waals surface area contributed by atoms with Gasteiger partial charge in [0.2, 0.25) is 0 Å². The number of ether oxygens (including phenoxy) is 1. The molecule has 1 heterocycles. The Hall–Kier alpha value is -1.26. The smallest absolute Gasteiger partial charge is 0.119 e. The summed E-state index contributed by atoms with van der Waals surface area (Å²) < 4.78 is 5.22. The van der Waals surface area contributed by atoms with E-state index in [9.17, 15) is 0 Å². The lowest BCUT2D eigenvalue weighted by atomic mass is 10.0. The van der Waals surface area contributed by atoms with Crippen LogP contribution >= 0.6 is 0 Å². The molecular weight excluding hydrogens is 238 g/mol. The third kappa shape index (κ3) is 3.19. The van der Waals surface area contributed by atoms with Crippen molar-refractivity contribution in [3.8, 4) is 5.75 Å². The second-order valence-electron chi connectivity index (χ2n) is 5.37. The summed E-state index contributed by atoms with van der Waals surface area (Å²) in [6.45, 7) is 5.15. The van der Waals surface area contributed by atoms with Gasteiger partial charge in [-0.25, -0.2) is 0 Å². The zero-order chi connectivity index (χ0) is 13.8. The van der Waals surface area contributed by atoms with E-state index in [4.69, 9.17) is 10.5 Å². The molecule has 0 radical (unpaired) electrons. The molecule has 1 aliphatic rings. The van der Waals surface area contributed by atoms with Gasteiger partial charge in [-0.3, -0.25) is 4.90 Å². The summed E-state index contributed by atoms with van der Waals surface area (Å²) in [5.41, 5.74) is 6.98. The lowest BCUT2D eigenvalue weighted by molar-refractivity contribution is 0.185. The molecular formula is C15H25N3O. The van der Waals surface area contributed by atoms with Crippen LogP contribution < -0.4 is 15.4 Å². The molecule has 1 fully saturated rings. The third-order valence-corrected chi connectivity index (χ3v) is 4.02. The van der Waals surface area contributed by atoms with Crippen molar-refractivity contribution in [3.05, 3.63) is 24.3 Å². The molecule has 0 aromatic heterocycles. The molecule has 2 rings (SSSR count). The van der Waals surface area contributed by atoms with Crippen molar-refractivity contribution in [2.24, 2.45) is 5.73 Å². The highest BCUT2D eigenvalue weighted by Gasteiger charge is 2.28. The summed E-state index contributed by atoms with van der Waals surface area (Å²) in [6, 6.07) is 9.40. The molecule has 19 heavy (non-hydrogen) atoms. The van der Waals surface area contributed by atoms with E-state index in [0.29, 0.717) is 12.1 Å². The Labute approximate surface area is 116 Å². The predicted molar refractivity (Wildman–Crippen MR) is 79.9 cm³/mol. The molecule has 0 saturated carbocycles. The Morgan fingerprint density at radius 1 is 1.26 bits per heavy atom. The van der Waals surface area contributed by atoms with E-state index in [1.54, 1.807) is 7.11 Å². The van der Waals surface area contributed by atoms with Crippen LogP contribution in [0.1, 0.15) is 13.3 Å². The average Bonchev–Trinajstić information content (AvgIpc) is 2.42. The summed E-state index contributed by atoms with van der Waals surface area (Å²) in [5, 5.41) is 0. The normalized spacial score (nSPS) is 24.5. The molecule has 2 atom stereocenters. The first kappa shape index (κ1) is 14.2. The molecule has 2 N–H and O–H groups in total. The van der Waals surface area contributed by atoms with Crippen LogP contribution in [0.15, 0.2) is 24.3 Å². The molecule has 1 saturated heterocycles. The number of methoxy groups -OCH3 is 1. The van der Waals surface area contributed by atoms with Crippen LogP contribution in [-0.2, 0) is 0 Å². The lowest BCUT2D eigenvalue weighted by Crippen LogP contribution is -2.56. The number of hydrogen-bond donors (Lipinski definition) is 1. The quantitative estimate of drug-likeness (QED) is 0.895. The number of hydrogen-bond acceptors (Lipinski definition) is 4. The van der Waals surface area contributed by atoms with E-state index < -0.39 is 0 Å². The van der Waals surface area contributed by atoms with Crippen LogP contribution in [0.3, 0.4) is 0 Å². The molecule has 1 aromatic rings. The Kier molecular flexibility index (Phi) is 4.66. The molecule has 106 valence electrons. The van der Waals surface area contributed by atoms with E-state index in [1.165, 1.54) is 5.69 Å². The van der Waals surface area contributed by atoms with Gasteiger partial charge >= 0.3 is 0 Å². The van der Waals surface area contributed by atoms with Crippen LogP contribution in [0.5, 0.6) is 5.75 Å². The fourth-order valence-corrected chi connectivity index (χ4v) is 2.85. The highest BCUT2D eigenvalue weighted by Crippen LogP contribution is 2.25. The Bertz CT molecular complexity index is 393. The summed E-state index contributed by atoms with van der Waals surface area (Å²) in [7, 11) is 3.90. The van der Waals surface area contributed by atoms with Crippen molar-refractivity contribution in [2.45, 2.75) is 25.4 Å². The van der Waals surface area contributed by atoms with Gasteiger partial charge in [-0.15, -0.1) is 0 Å². The van der Waals surface area contributed by atoms with E-state index in [-0.39, 0.29) is 0 Å². The summed E-state index contributed by atoms with van der Waals surface area (Å²) in [5.74, 6) is 0.907. The van der Waals surface area contributed by atoms with Crippen LogP contribution in [-0.4, -0.2) is 50.8 Å². The number of likely N-dealkylation sites (N-methyl/N-ethyl adjacent to an activating group) is 1. The maximum absolute atomic E-state index is 5.72. The maximum Gasteiger partial charge on any atom is 0.119 e. The molecule has 0 amide bonds. The second-order valence-corrected chi connectivity index (χ2v) is 5.37. The van der Waals surface area contributed by atoms with Crippen LogP contribution in [0.25, 0.3) is 0 Å².